The normalized spacial score (nSPS) is 12.2. The van der Waals surface area contributed by atoms with Gasteiger partial charge in [0.05, 0.1) is 6.42 Å². The number of benzene rings is 2. The van der Waals surface area contributed by atoms with Crippen LogP contribution < -0.4 is 4.74 Å². The monoisotopic (exact) mass is 460 g/mol. The summed E-state index contributed by atoms with van der Waals surface area (Å²) in [5, 5.41) is 10.4. The number of ether oxygens (including phenoxy) is 1. The highest BCUT2D eigenvalue weighted by atomic mass is 32.2. The van der Waals surface area contributed by atoms with Crippen LogP contribution in [0.5, 0.6) is 11.5 Å². The lowest BCUT2D eigenvalue weighted by Crippen LogP contribution is -2.17. The van der Waals surface area contributed by atoms with Crippen LogP contribution in [0.4, 0.5) is 0 Å². The summed E-state index contributed by atoms with van der Waals surface area (Å²) in [6.45, 7) is 16.8. The molecule has 0 radical (unpaired) electrons. The van der Waals surface area contributed by atoms with Gasteiger partial charge in [-0.05, 0) is 66.3 Å². The Morgan fingerprint density at radius 3 is 1.94 bits per heavy atom. The van der Waals surface area contributed by atoms with E-state index in [0.29, 0.717) is 17.9 Å². The van der Waals surface area contributed by atoms with Crippen LogP contribution in [0.1, 0.15) is 70.2 Å². The molecule has 0 fully saturated rings. The summed E-state index contributed by atoms with van der Waals surface area (Å²) in [6, 6.07) is 8.09. The van der Waals surface area contributed by atoms with E-state index in [0.717, 1.165) is 37.8 Å². The predicted octanol–water partition coefficient (Wildman–Crippen LogP) is 7.41. The Hall–Kier alpha value is -1.59. The van der Waals surface area contributed by atoms with E-state index in [1.807, 2.05) is 25.3 Å². The highest BCUT2D eigenvalue weighted by Gasteiger charge is 2.24. The third-order valence-corrected chi connectivity index (χ3v) is 7.07. The summed E-state index contributed by atoms with van der Waals surface area (Å²) in [6.07, 6.45) is 2.39. The molecule has 0 saturated carbocycles. The van der Waals surface area contributed by atoms with E-state index in [4.69, 9.17) is 4.74 Å². The zero-order chi connectivity index (χ0) is 23.6. The number of rotatable bonds is 6. The van der Waals surface area contributed by atoms with Crippen LogP contribution in [0.15, 0.2) is 34.1 Å². The molecule has 2 aromatic carbocycles. The van der Waals surface area contributed by atoms with E-state index in [1.165, 1.54) is 0 Å². The van der Waals surface area contributed by atoms with Crippen LogP contribution in [0, 0.1) is 13.8 Å². The number of carbonyl (C=O) groups is 1. The molecule has 2 rings (SSSR count). The second-order valence-corrected chi connectivity index (χ2v) is 12.1. The minimum atomic E-state index is -0.191. The van der Waals surface area contributed by atoms with Crippen LogP contribution >= 0.6 is 23.5 Å². The van der Waals surface area contributed by atoms with Crippen molar-refractivity contribution in [1.82, 2.24) is 0 Å². The van der Waals surface area contributed by atoms with Gasteiger partial charge in [0.25, 0.3) is 0 Å². The fourth-order valence-corrected chi connectivity index (χ4v) is 4.70. The van der Waals surface area contributed by atoms with Gasteiger partial charge in [-0.2, -0.15) is 11.8 Å². The van der Waals surface area contributed by atoms with Crippen molar-refractivity contribution in [3.05, 3.63) is 46.5 Å². The van der Waals surface area contributed by atoms with E-state index >= 15 is 0 Å². The number of phenols is 1. The molecule has 0 atom stereocenters. The first-order chi connectivity index (χ1) is 14.2. The largest absolute Gasteiger partial charge is 0.508 e. The number of aryl methyl sites for hydroxylation is 2. The Balaban J connectivity index is 2.48. The van der Waals surface area contributed by atoms with Gasteiger partial charge in [-0.15, -0.1) is 0 Å². The number of thioether (sulfide) groups is 1. The maximum atomic E-state index is 12.3. The summed E-state index contributed by atoms with van der Waals surface area (Å²) in [4.78, 5) is 14.5. The van der Waals surface area contributed by atoms with Crippen molar-refractivity contribution >= 4 is 29.5 Å². The van der Waals surface area contributed by atoms with Crippen LogP contribution in [-0.2, 0) is 15.6 Å². The third kappa shape index (κ3) is 6.69. The molecular weight excluding hydrogens is 424 g/mol. The highest BCUT2D eigenvalue weighted by Crippen LogP contribution is 2.42. The minimum Gasteiger partial charge on any atom is -0.508 e. The first-order valence-corrected chi connectivity index (χ1v) is 12.8. The zero-order valence-corrected chi connectivity index (χ0v) is 21.9. The Morgan fingerprint density at radius 1 is 0.903 bits per heavy atom. The summed E-state index contributed by atoms with van der Waals surface area (Å²) in [7, 11) is 0. The molecule has 1 N–H and O–H groups in total. The fourth-order valence-electron chi connectivity index (χ4n) is 3.30. The lowest BCUT2D eigenvalue weighted by Gasteiger charge is -2.25. The van der Waals surface area contributed by atoms with Crippen molar-refractivity contribution in [1.29, 1.82) is 0 Å². The van der Waals surface area contributed by atoms with Crippen LogP contribution in [-0.4, -0.2) is 23.1 Å². The van der Waals surface area contributed by atoms with Crippen molar-refractivity contribution in [3.63, 3.8) is 0 Å². The van der Waals surface area contributed by atoms with Gasteiger partial charge in [-0.3, -0.25) is 4.79 Å². The smallest absolute Gasteiger partial charge is 0.312 e. The number of aromatic hydroxyl groups is 1. The lowest BCUT2D eigenvalue weighted by atomic mass is 9.86. The quantitative estimate of drug-likeness (QED) is 0.359. The van der Waals surface area contributed by atoms with Gasteiger partial charge in [0.1, 0.15) is 11.5 Å². The Morgan fingerprint density at radius 2 is 1.42 bits per heavy atom. The highest BCUT2D eigenvalue weighted by molar-refractivity contribution is 7.99. The van der Waals surface area contributed by atoms with Crippen LogP contribution in [0.3, 0.4) is 0 Å². The lowest BCUT2D eigenvalue weighted by molar-refractivity contribution is -0.133. The molecule has 0 aromatic heterocycles. The summed E-state index contributed by atoms with van der Waals surface area (Å²) in [5.41, 5.74) is 3.75. The van der Waals surface area contributed by atoms with Crippen molar-refractivity contribution in [2.24, 2.45) is 0 Å². The summed E-state index contributed by atoms with van der Waals surface area (Å²) >= 11 is 3.34. The molecule has 0 aliphatic carbocycles. The Bertz CT molecular complexity index is 951. The van der Waals surface area contributed by atoms with E-state index in [-0.39, 0.29) is 16.8 Å². The number of phenolic OH excluding ortho intramolecular Hbond substituents is 1. The van der Waals surface area contributed by atoms with E-state index in [9.17, 15) is 9.90 Å². The van der Waals surface area contributed by atoms with E-state index in [1.54, 1.807) is 23.5 Å². The van der Waals surface area contributed by atoms with Crippen LogP contribution in [0.2, 0.25) is 0 Å². The van der Waals surface area contributed by atoms with Crippen molar-refractivity contribution in [2.45, 2.75) is 82.4 Å². The van der Waals surface area contributed by atoms with E-state index < -0.39 is 0 Å². The van der Waals surface area contributed by atoms with Crippen molar-refractivity contribution in [2.75, 3.05) is 12.0 Å². The fraction of sp³-hybridized carbons (Fsp3) is 0.500. The van der Waals surface area contributed by atoms with Gasteiger partial charge in [-0.25, -0.2) is 0 Å². The SMILES string of the molecule is CSCCC(=O)Oc1cc(C)c(Sc2cc(C(C)(C)C)c(O)cc2C)cc1C(C)(C)C. The molecule has 5 heteroatoms. The van der Waals surface area contributed by atoms with E-state index in [2.05, 4.69) is 60.6 Å². The van der Waals surface area contributed by atoms with Crippen molar-refractivity contribution in [3.8, 4) is 11.5 Å². The maximum absolute atomic E-state index is 12.3. The van der Waals surface area contributed by atoms with Gasteiger partial charge in [-0.1, -0.05) is 53.3 Å². The molecule has 0 amide bonds. The predicted molar refractivity (Wildman–Crippen MR) is 134 cm³/mol. The average Bonchev–Trinajstić information content (AvgIpc) is 2.61. The summed E-state index contributed by atoms with van der Waals surface area (Å²) in [5.74, 6) is 1.56. The molecule has 0 bridgehead atoms. The van der Waals surface area contributed by atoms with Crippen LogP contribution in [0.25, 0.3) is 0 Å². The zero-order valence-electron chi connectivity index (χ0n) is 20.3. The van der Waals surface area contributed by atoms with Gasteiger partial charge in [0.2, 0.25) is 0 Å². The molecule has 170 valence electrons. The second-order valence-electron chi connectivity index (χ2n) is 10.1. The molecule has 31 heavy (non-hydrogen) atoms. The maximum Gasteiger partial charge on any atom is 0.312 e. The number of carbonyl (C=O) groups excluding carboxylic acids is 1. The number of esters is 1. The molecule has 0 spiro atoms. The molecule has 2 aromatic rings. The Kier molecular flexibility index (Phi) is 8.21. The standard InChI is InChI=1S/C26H36O3S2/c1-16-12-20(27)18(25(3,4)5)14-22(16)31-23-15-19(26(6,7)8)21(13-17(23)2)29-24(28)10-11-30-9/h12-15,27H,10-11H2,1-9H3. The first kappa shape index (κ1) is 25.7. The molecule has 0 unspecified atom stereocenters. The molecular formula is C26H36O3S2. The molecule has 0 heterocycles. The average molecular weight is 461 g/mol. The Labute approximate surface area is 196 Å². The topological polar surface area (TPSA) is 46.5 Å². The molecule has 0 saturated heterocycles. The van der Waals surface area contributed by atoms with Gasteiger partial charge < -0.3 is 9.84 Å². The van der Waals surface area contributed by atoms with Gasteiger partial charge >= 0.3 is 5.97 Å². The van der Waals surface area contributed by atoms with Crippen molar-refractivity contribution < 1.29 is 14.6 Å². The number of hydrogen-bond donors (Lipinski definition) is 1. The molecule has 0 aliphatic heterocycles. The molecule has 0 aliphatic rings. The summed E-state index contributed by atoms with van der Waals surface area (Å²) < 4.78 is 5.77. The minimum absolute atomic E-state index is 0.145. The van der Waals surface area contributed by atoms with Gasteiger partial charge in [0.15, 0.2) is 0 Å². The number of hydrogen-bond acceptors (Lipinski definition) is 5. The second kappa shape index (κ2) is 9.91. The van der Waals surface area contributed by atoms with Gasteiger partial charge in [0, 0.05) is 26.7 Å². The first-order valence-electron chi connectivity index (χ1n) is 10.6. The molecule has 3 nitrogen and oxygen atoms in total. The third-order valence-electron chi connectivity index (χ3n) is 5.14.